The first-order valence-electron chi connectivity index (χ1n) is 10.0. The molecule has 6 heteroatoms. The van der Waals surface area contributed by atoms with Crippen molar-refractivity contribution >= 4 is 5.96 Å². The first-order chi connectivity index (χ1) is 13.1. The van der Waals surface area contributed by atoms with Crippen LogP contribution in [-0.4, -0.2) is 57.1 Å². The molecule has 0 spiro atoms. The number of aliphatic hydroxyl groups excluding tert-OH is 1. The Bertz CT molecular complexity index is 584. The Labute approximate surface area is 163 Å². The van der Waals surface area contributed by atoms with Crippen LogP contribution in [0.2, 0.25) is 0 Å². The molecule has 27 heavy (non-hydrogen) atoms. The van der Waals surface area contributed by atoms with Crippen molar-refractivity contribution in [3.63, 3.8) is 0 Å². The smallest absolute Gasteiger partial charge is 0.191 e. The van der Waals surface area contributed by atoms with E-state index in [1.54, 1.807) is 0 Å². The predicted octanol–water partition coefficient (Wildman–Crippen LogP) is 2.53. The number of benzene rings is 1. The molecule has 1 fully saturated rings. The van der Waals surface area contributed by atoms with Crippen molar-refractivity contribution in [1.82, 2.24) is 10.6 Å². The molecule has 3 N–H and O–H groups in total. The van der Waals surface area contributed by atoms with Crippen LogP contribution in [0.3, 0.4) is 0 Å². The summed E-state index contributed by atoms with van der Waals surface area (Å²) in [5.41, 5.74) is 1.19. The fraction of sp³-hybridized carbons (Fsp3) is 0.667. The first-order valence-corrected chi connectivity index (χ1v) is 10.0. The molecule has 1 aliphatic rings. The van der Waals surface area contributed by atoms with E-state index in [1.807, 2.05) is 18.2 Å². The number of hydrogen-bond acceptors (Lipinski definition) is 4. The topological polar surface area (TPSA) is 75.1 Å². The number of aliphatic imine (C=N–C) groups is 1. The number of guanidine groups is 1. The highest BCUT2D eigenvalue weighted by Crippen LogP contribution is 2.32. The minimum absolute atomic E-state index is 0.0379. The van der Waals surface area contributed by atoms with E-state index in [9.17, 15) is 5.11 Å². The molecule has 1 aliphatic heterocycles. The van der Waals surface area contributed by atoms with Crippen molar-refractivity contribution in [2.75, 3.05) is 46.1 Å². The number of ether oxygens (including phenoxy) is 2. The third kappa shape index (κ3) is 6.70. The molecule has 0 amide bonds. The molecule has 1 aromatic carbocycles. The van der Waals surface area contributed by atoms with Gasteiger partial charge in [-0.05, 0) is 37.3 Å². The summed E-state index contributed by atoms with van der Waals surface area (Å²) in [5.74, 6) is 2.16. The Morgan fingerprint density at radius 1 is 1.33 bits per heavy atom. The lowest BCUT2D eigenvalue weighted by Crippen LogP contribution is -2.40. The minimum atomic E-state index is -0.0379. The summed E-state index contributed by atoms with van der Waals surface area (Å²) < 4.78 is 11.5. The summed E-state index contributed by atoms with van der Waals surface area (Å²) in [6.45, 7) is 10.7. The highest BCUT2D eigenvalue weighted by molar-refractivity contribution is 5.79. The maximum absolute atomic E-state index is 9.35. The average Bonchev–Trinajstić information content (AvgIpc) is 3.12. The van der Waals surface area contributed by atoms with Crippen LogP contribution < -0.4 is 15.4 Å². The summed E-state index contributed by atoms with van der Waals surface area (Å²) in [5, 5.41) is 16.0. The van der Waals surface area contributed by atoms with E-state index in [1.165, 1.54) is 5.56 Å². The van der Waals surface area contributed by atoms with Crippen LogP contribution in [0.1, 0.15) is 45.1 Å². The Kier molecular flexibility index (Phi) is 8.88. The molecule has 1 saturated heterocycles. The molecule has 1 aromatic rings. The largest absolute Gasteiger partial charge is 0.491 e. The molecule has 0 aliphatic carbocycles. The second-order valence-corrected chi connectivity index (χ2v) is 7.44. The molecular formula is C21H35N3O3. The van der Waals surface area contributed by atoms with Crippen LogP contribution in [0.25, 0.3) is 0 Å². The zero-order valence-electron chi connectivity index (χ0n) is 17.0. The fourth-order valence-corrected chi connectivity index (χ4v) is 3.30. The van der Waals surface area contributed by atoms with Gasteiger partial charge in [-0.15, -0.1) is 0 Å². The summed E-state index contributed by atoms with van der Waals surface area (Å²) in [4.78, 5) is 4.72. The van der Waals surface area contributed by atoms with Crippen molar-refractivity contribution in [2.45, 2.75) is 39.5 Å². The Morgan fingerprint density at radius 2 is 2.15 bits per heavy atom. The second-order valence-electron chi connectivity index (χ2n) is 7.44. The third-order valence-corrected chi connectivity index (χ3v) is 4.94. The standard InChI is InChI=1S/C21H35N3O3/c1-4-22-20(24-15-21(9-12-25)10-13-26-16-21)23-11-14-27-19-8-6-5-7-18(19)17(2)3/h5-8,17,25H,4,9-16H2,1-3H3,(H2,22,23,24). The van der Waals surface area contributed by atoms with Crippen LogP contribution in [0.4, 0.5) is 0 Å². The van der Waals surface area contributed by atoms with Crippen molar-refractivity contribution in [3.8, 4) is 5.75 Å². The number of para-hydroxylation sites is 1. The van der Waals surface area contributed by atoms with Gasteiger partial charge in [-0.1, -0.05) is 32.0 Å². The molecule has 0 radical (unpaired) electrons. The van der Waals surface area contributed by atoms with Gasteiger partial charge in [0.15, 0.2) is 5.96 Å². The van der Waals surface area contributed by atoms with Gasteiger partial charge in [0, 0.05) is 25.2 Å². The highest BCUT2D eigenvalue weighted by atomic mass is 16.5. The van der Waals surface area contributed by atoms with Crippen molar-refractivity contribution < 1.29 is 14.6 Å². The van der Waals surface area contributed by atoms with Crippen molar-refractivity contribution in [3.05, 3.63) is 29.8 Å². The molecule has 2 rings (SSSR count). The van der Waals surface area contributed by atoms with E-state index >= 15 is 0 Å². The van der Waals surface area contributed by atoms with E-state index in [2.05, 4.69) is 37.5 Å². The Hall–Kier alpha value is -1.79. The van der Waals surface area contributed by atoms with Gasteiger partial charge in [-0.2, -0.15) is 0 Å². The van der Waals surface area contributed by atoms with Crippen LogP contribution in [0.15, 0.2) is 29.3 Å². The first kappa shape index (κ1) is 21.5. The number of nitrogens with zero attached hydrogens (tertiary/aromatic N) is 1. The Morgan fingerprint density at radius 3 is 2.81 bits per heavy atom. The molecular weight excluding hydrogens is 342 g/mol. The third-order valence-electron chi connectivity index (χ3n) is 4.94. The summed E-state index contributed by atoms with van der Waals surface area (Å²) in [6, 6.07) is 8.19. The second kappa shape index (κ2) is 11.1. The quantitative estimate of drug-likeness (QED) is 0.332. The molecule has 0 saturated carbocycles. The van der Waals surface area contributed by atoms with E-state index < -0.39 is 0 Å². The predicted molar refractivity (Wildman–Crippen MR) is 110 cm³/mol. The van der Waals surface area contributed by atoms with Crippen molar-refractivity contribution in [1.29, 1.82) is 0 Å². The van der Waals surface area contributed by atoms with Gasteiger partial charge in [0.1, 0.15) is 12.4 Å². The van der Waals surface area contributed by atoms with E-state index in [0.29, 0.717) is 32.2 Å². The molecule has 152 valence electrons. The minimum Gasteiger partial charge on any atom is -0.491 e. The zero-order chi connectivity index (χ0) is 19.5. The average molecular weight is 378 g/mol. The van der Waals surface area contributed by atoms with E-state index in [-0.39, 0.29) is 12.0 Å². The SMILES string of the molecule is CCNC(=NCC1(CCO)CCOC1)NCCOc1ccccc1C(C)C. The van der Waals surface area contributed by atoms with Crippen LogP contribution in [-0.2, 0) is 4.74 Å². The lowest BCUT2D eigenvalue weighted by atomic mass is 9.84. The van der Waals surface area contributed by atoms with Gasteiger partial charge in [-0.3, -0.25) is 4.99 Å². The van der Waals surface area contributed by atoms with E-state index in [0.717, 1.165) is 37.7 Å². The Balaban J connectivity index is 1.85. The lowest BCUT2D eigenvalue weighted by Gasteiger charge is -2.24. The monoisotopic (exact) mass is 377 g/mol. The number of hydrogen-bond donors (Lipinski definition) is 3. The number of nitrogens with one attached hydrogen (secondary N) is 2. The molecule has 0 aromatic heterocycles. The summed E-state index contributed by atoms with van der Waals surface area (Å²) in [7, 11) is 0. The molecule has 0 bridgehead atoms. The zero-order valence-corrected chi connectivity index (χ0v) is 17.0. The lowest BCUT2D eigenvalue weighted by molar-refractivity contribution is 0.131. The molecule has 6 nitrogen and oxygen atoms in total. The number of aliphatic hydroxyl groups is 1. The molecule has 1 unspecified atom stereocenters. The van der Waals surface area contributed by atoms with E-state index in [4.69, 9.17) is 14.5 Å². The highest BCUT2D eigenvalue weighted by Gasteiger charge is 2.34. The van der Waals surface area contributed by atoms with Gasteiger partial charge in [0.2, 0.25) is 0 Å². The van der Waals surface area contributed by atoms with Crippen LogP contribution in [0, 0.1) is 5.41 Å². The van der Waals surface area contributed by atoms with Gasteiger partial charge >= 0.3 is 0 Å². The van der Waals surface area contributed by atoms with Crippen LogP contribution >= 0.6 is 0 Å². The van der Waals surface area contributed by atoms with Crippen LogP contribution in [0.5, 0.6) is 5.75 Å². The summed E-state index contributed by atoms with van der Waals surface area (Å²) >= 11 is 0. The normalized spacial score (nSPS) is 20.1. The molecule has 1 heterocycles. The van der Waals surface area contributed by atoms with Gasteiger partial charge in [0.05, 0.1) is 19.7 Å². The fourth-order valence-electron chi connectivity index (χ4n) is 3.30. The van der Waals surface area contributed by atoms with Gasteiger partial charge in [-0.25, -0.2) is 0 Å². The summed E-state index contributed by atoms with van der Waals surface area (Å²) in [6.07, 6.45) is 1.68. The maximum atomic E-state index is 9.35. The van der Waals surface area contributed by atoms with Gasteiger partial charge in [0.25, 0.3) is 0 Å². The maximum Gasteiger partial charge on any atom is 0.191 e. The van der Waals surface area contributed by atoms with Crippen molar-refractivity contribution in [2.24, 2.45) is 10.4 Å². The van der Waals surface area contributed by atoms with Gasteiger partial charge < -0.3 is 25.2 Å². The molecule has 1 atom stereocenters. The number of rotatable bonds is 10.